The Labute approximate surface area is 170 Å². The molecule has 0 N–H and O–H groups in total. The predicted molar refractivity (Wildman–Crippen MR) is 112 cm³/mol. The Balaban J connectivity index is 1.80. The summed E-state index contributed by atoms with van der Waals surface area (Å²) < 4.78 is 8.49. The molecule has 8 heteroatoms. The number of thioether (sulfide) groups is 1. The minimum Gasteiger partial charge on any atom is -0.364 e. The zero-order valence-corrected chi connectivity index (χ0v) is 16.7. The standard InChI is InChI=1S/C21H17N5O2S/c1-13-7-8-14(2)18(11-13)25-19(27)16-5-3-4-6-17(16)26-20(25)22-23-21(26)29-12-15-9-10-28-24-15/h3-11H,12H2,1-2H3. The number of benzene rings is 2. The molecule has 144 valence electrons. The molecule has 29 heavy (non-hydrogen) atoms. The molecular weight excluding hydrogens is 386 g/mol. The van der Waals surface area contributed by atoms with Gasteiger partial charge in [0.15, 0.2) is 5.16 Å². The van der Waals surface area contributed by atoms with Gasteiger partial charge in [0.05, 0.1) is 22.3 Å². The summed E-state index contributed by atoms with van der Waals surface area (Å²) in [7, 11) is 0. The maximum absolute atomic E-state index is 13.4. The van der Waals surface area contributed by atoms with E-state index in [0.717, 1.165) is 28.0 Å². The molecule has 5 aromatic rings. The van der Waals surface area contributed by atoms with Gasteiger partial charge in [0.25, 0.3) is 5.56 Å². The second kappa shape index (κ2) is 6.89. The molecule has 0 saturated carbocycles. The maximum atomic E-state index is 13.4. The van der Waals surface area contributed by atoms with E-state index in [0.29, 0.717) is 22.1 Å². The lowest BCUT2D eigenvalue weighted by atomic mass is 10.1. The highest BCUT2D eigenvalue weighted by atomic mass is 32.2. The minimum atomic E-state index is -0.109. The lowest BCUT2D eigenvalue weighted by Crippen LogP contribution is -2.22. The van der Waals surface area contributed by atoms with Crippen molar-refractivity contribution in [2.24, 2.45) is 0 Å². The number of nitrogens with zero attached hydrogens (tertiary/aromatic N) is 5. The van der Waals surface area contributed by atoms with E-state index in [-0.39, 0.29) is 5.56 Å². The van der Waals surface area contributed by atoms with Crippen molar-refractivity contribution in [2.75, 3.05) is 0 Å². The van der Waals surface area contributed by atoms with Gasteiger partial charge in [-0.2, -0.15) is 0 Å². The third-order valence-corrected chi connectivity index (χ3v) is 5.80. The van der Waals surface area contributed by atoms with Crippen molar-refractivity contribution in [1.29, 1.82) is 0 Å². The maximum Gasteiger partial charge on any atom is 0.267 e. The zero-order valence-electron chi connectivity index (χ0n) is 15.9. The number of para-hydroxylation sites is 1. The van der Waals surface area contributed by atoms with Crippen LogP contribution < -0.4 is 5.56 Å². The smallest absolute Gasteiger partial charge is 0.267 e. The molecule has 3 heterocycles. The predicted octanol–water partition coefficient (Wildman–Crippen LogP) is 3.93. The number of hydrogen-bond acceptors (Lipinski definition) is 6. The third-order valence-electron chi connectivity index (χ3n) is 4.84. The molecule has 0 radical (unpaired) electrons. The van der Waals surface area contributed by atoms with E-state index in [1.54, 1.807) is 10.8 Å². The van der Waals surface area contributed by atoms with Crippen molar-refractivity contribution < 1.29 is 4.52 Å². The first-order chi connectivity index (χ1) is 14.1. The van der Waals surface area contributed by atoms with Gasteiger partial charge in [0.1, 0.15) is 6.26 Å². The average molecular weight is 403 g/mol. The van der Waals surface area contributed by atoms with Crippen molar-refractivity contribution in [1.82, 2.24) is 24.3 Å². The van der Waals surface area contributed by atoms with Crippen LogP contribution in [0.5, 0.6) is 0 Å². The molecule has 0 saturated heterocycles. The third kappa shape index (κ3) is 2.92. The molecule has 0 aliphatic carbocycles. The molecule has 7 nitrogen and oxygen atoms in total. The summed E-state index contributed by atoms with van der Waals surface area (Å²) in [6, 6.07) is 15.4. The summed E-state index contributed by atoms with van der Waals surface area (Å²) in [5.41, 5.74) is 4.37. The van der Waals surface area contributed by atoms with E-state index in [9.17, 15) is 4.79 Å². The average Bonchev–Trinajstić information content (AvgIpc) is 3.39. The molecular formula is C21H17N5O2S. The van der Waals surface area contributed by atoms with Crippen LogP contribution >= 0.6 is 11.8 Å². The molecule has 0 aliphatic heterocycles. The summed E-state index contributed by atoms with van der Waals surface area (Å²) in [5, 5.41) is 14.0. The molecule has 0 fully saturated rings. The second-order valence-corrected chi connectivity index (χ2v) is 7.79. The number of hydrogen-bond donors (Lipinski definition) is 0. The molecule has 0 spiro atoms. The van der Waals surface area contributed by atoms with Crippen LogP contribution in [0.2, 0.25) is 0 Å². The molecule has 0 bridgehead atoms. The van der Waals surface area contributed by atoms with E-state index < -0.39 is 0 Å². The fourth-order valence-corrected chi connectivity index (χ4v) is 4.23. The van der Waals surface area contributed by atoms with E-state index in [4.69, 9.17) is 4.52 Å². The van der Waals surface area contributed by atoms with Crippen molar-refractivity contribution in [3.8, 4) is 5.69 Å². The van der Waals surface area contributed by atoms with Gasteiger partial charge >= 0.3 is 0 Å². The lowest BCUT2D eigenvalue weighted by Gasteiger charge is -2.13. The first kappa shape index (κ1) is 17.7. The first-order valence-electron chi connectivity index (χ1n) is 9.12. The van der Waals surface area contributed by atoms with Crippen molar-refractivity contribution in [3.05, 3.63) is 82.0 Å². The summed E-state index contributed by atoms with van der Waals surface area (Å²) >= 11 is 1.50. The fraction of sp³-hybridized carbons (Fsp3) is 0.143. The number of aromatic nitrogens is 5. The van der Waals surface area contributed by atoms with Gasteiger partial charge < -0.3 is 4.52 Å². The van der Waals surface area contributed by atoms with E-state index in [1.165, 1.54) is 11.8 Å². The summed E-state index contributed by atoms with van der Waals surface area (Å²) in [4.78, 5) is 13.4. The van der Waals surface area contributed by atoms with Crippen LogP contribution in [0, 0.1) is 13.8 Å². The fourth-order valence-electron chi connectivity index (χ4n) is 3.40. The molecule has 0 amide bonds. The topological polar surface area (TPSA) is 78.2 Å². The van der Waals surface area contributed by atoms with Crippen LogP contribution in [0.15, 0.2) is 69.3 Å². The summed E-state index contributed by atoms with van der Waals surface area (Å²) in [6.07, 6.45) is 1.55. The highest BCUT2D eigenvalue weighted by Crippen LogP contribution is 2.26. The van der Waals surface area contributed by atoms with Crippen molar-refractivity contribution in [3.63, 3.8) is 0 Å². The Morgan fingerprint density at radius 2 is 1.93 bits per heavy atom. The Morgan fingerprint density at radius 1 is 1.07 bits per heavy atom. The van der Waals surface area contributed by atoms with Crippen molar-refractivity contribution >= 4 is 28.4 Å². The SMILES string of the molecule is Cc1ccc(C)c(-n2c(=O)c3ccccc3n3c(SCc4ccon4)nnc23)c1. The Morgan fingerprint density at radius 3 is 2.76 bits per heavy atom. The van der Waals surface area contributed by atoms with E-state index in [2.05, 4.69) is 15.4 Å². The Hall–Kier alpha value is -3.39. The minimum absolute atomic E-state index is 0.109. The Bertz CT molecular complexity index is 1400. The van der Waals surface area contributed by atoms with Crippen LogP contribution in [0.4, 0.5) is 0 Å². The number of aryl methyl sites for hydroxylation is 2. The Kier molecular flexibility index (Phi) is 4.21. The van der Waals surface area contributed by atoms with Crippen molar-refractivity contribution in [2.45, 2.75) is 24.8 Å². The van der Waals surface area contributed by atoms with Gasteiger partial charge in [0.2, 0.25) is 5.78 Å². The van der Waals surface area contributed by atoms with Gasteiger partial charge in [0, 0.05) is 11.8 Å². The van der Waals surface area contributed by atoms with Crippen LogP contribution in [0.25, 0.3) is 22.4 Å². The normalized spacial score (nSPS) is 11.5. The van der Waals surface area contributed by atoms with Gasteiger partial charge in [-0.1, -0.05) is 41.2 Å². The van der Waals surface area contributed by atoms with Crippen LogP contribution in [-0.4, -0.2) is 24.3 Å². The number of rotatable bonds is 4. The van der Waals surface area contributed by atoms with Gasteiger partial charge in [-0.15, -0.1) is 10.2 Å². The highest BCUT2D eigenvalue weighted by Gasteiger charge is 2.19. The van der Waals surface area contributed by atoms with E-state index in [1.807, 2.05) is 66.8 Å². The van der Waals surface area contributed by atoms with Crippen LogP contribution in [0.3, 0.4) is 0 Å². The molecule has 5 rings (SSSR count). The summed E-state index contributed by atoms with van der Waals surface area (Å²) in [6.45, 7) is 4.00. The zero-order chi connectivity index (χ0) is 20.0. The van der Waals surface area contributed by atoms with Gasteiger partial charge in [-0.25, -0.2) is 4.57 Å². The quantitative estimate of drug-likeness (QED) is 0.423. The van der Waals surface area contributed by atoms with Gasteiger partial charge in [-0.3, -0.25) is 9.20 Å². The van der Waals surface area contributed by atoms with Crippen LogP contribution in [0.1, 0.15) is 16.8 Å². The molecule has 2 aromatic carbocycles. The van der Waals surface area contributed by atoms with Crippen LogP contribution in [-0.2, 0) is 5.75 Å². The number of fused-ring (bicyclic) bond motifs is 3. The first-order valence-corrected chi connectivity index (χ1v) is 10.1. The highest BCUT2D eigenvalue weighted by molar-refractivity contribution is 7.98. The summed E-state index contributed by atoms with van der Waals surface area (Å²) in [5.74, 6) is 1.08. The second-order valence-electron chi connectivity index (χ2n) is 6.85. The molecule has 3 aromatic heterocycles. The largest absolute Gasteiger partial charge is 0.364 e. The van der Waals surface area contributed by atoms with E-state index >= 15 is 0 Å². The molecule has 0 unspecified atom stereocenters. The lowest BCUT2D eigenvalue weighted by molar-refractivity contribution is 0.414. The monoisotopic (exact) mass is 403 g/mol. The molecule has 0 atom stereocenters. The van der Waals surface area contributed by atoms with Gasteiger partial charge in [-0.05, 0) is 43.2 Å². The molecule has 0 aliphatic rings.